The molecule has 0 saturated carbocycles. The lowest BCUT2D eigenvalue weighted by molar-refractivity contribution is -0.385. The van der Waals surface area contributed by atoms with E-state index in [0.29, 0.717) is 16.8 Å². The summed E-state index contributed by atoms with van der Waals surface area (Å²) in [6.07, 6.45) is 3.30. The number of para-hydroxylation sites is 1. The molecule has 0 spiro atoms. The van der Waals surface area contributed by atoms with Gasteiger partial charge in [-0.1, -0.05) is 53.7 Å². The number of thiocarbonyl (C=S) groups is 1. The monoisotopic (exact) mass is 605 g/mol. The molecule has 0 aliphatic carbocycles. The first-order chi connectivity index (χ1) is 19.8. The van der Waals surface area contributed by atoms with Crippen LogP contribution in [-0.4, -0.2) is 42.5 Å². The molecule has 10 nitrogen and oxygen atoms in total. The van der Waals surface area contributed by atoms with Crippen LogP contribution >= 0.6 is 35.6 Å². The van der Waals surface area contributed by atoms with Crippen LogP contribution < -0.4 is 10.2 Å². The van der Waals surface area contributed by atoms with Gasteiger partial charge in [-0.3, -0.25) is 25.1 Å². The Morgan fingerprint density at radius 2 is 1.90 bits per heavy atom. The van der Waals surface area contributed by atoms with E-state index < -0.39 is 16.7 Å². The van der Waals surface area contributed by atoms with E-state index in [0.717, 1.165) is 22.5 Å². The van der Waals surface area contributed by atoms with Gasteiger partial charge >= 0.3 is 5.69 Å². The number of carbonyl (C=O) groups is 2. The van der Waals surface area contributed by atoms with Crippen LogP contribution in [0.15, 0.2) is 83.9 Å². The minimum absolute atomic E-state index is 0.121. The van der Waals surface area contributed by atoms with Gasteiger partial charge < -0.3 is 4.74 Å². The third-order valence-electron chi connectivity index (χ3n) is 5.90. The van der Waals surface area contributed by atoms with Crippen molar-refractivity contribution in [1.82, 2.24) is 20.2 Å². The van der Waals surface area contributed by atoms with E-state index in [9.17, 15) is 19.7 Å². The highest BCUT2D eigenvalue weighted by atomic mass is 35.5. The Hall–Kier alpha value is -4.52. The van der Waals surface area contributed by atoms with Gasteiger partial charge in [-0.15, -0.1) is 0 Å². The summed E-state index contributed by atoms with van der Waals surface area (Å²) in [4.78, 5) is 37.6. The molecule has 1 fully saturated rings. The average Bonchev–Trinajstić information content (AvgIpc) is 3.50. The molecular formula is C28H20ClN5O5S2. The first kappa shape index (κ1) is 28.0. The number of nitro groups is 1. The molecule has 1 aliphatic heterocycles. The second-order valence-electron chi connectivity index (χ2n) is 8.52. The number of aromatic nitrogens is 2. The number of halogens is 1. The molecule has 5 rings (SSSR count). The van der Waals surface area contributed by atoms with Crippen LogP contribution in [0.4, 0.5) is 5.69 Å². The molecule has 1 aliphatic rings. The number of nitrogens with zero attached hydrogens (tertiary/aromatic N) is 4. The highest BCUT2D eigenvalue weighted by Gasteiger charge is 2.34. The number of thioether (sulfide) groups is 1. The summed E-state index contributed by atoms with van der Waals surface area (Å²) >= 11 is 12.5. The minimum Gasteiger partial charge on any atom is -0.487 e. The van der Waals surface area contributed by atoms with Crippen molar-refractivity contribution in [3.05, 3.63) is 110 Å². The predicted molar refractivity (Wildman–Crippen MR) is 161 cm³/mol. The lowest BCUT2D eigenvalue weighted by Gasteiger charge is -2.16. The zero-order valence-electron chi connectivity index (χ0n) is 21.3. The van der Waals surface area contributed by atoms with Crippen molar-refractivity contribution in [2.24, 2.45) is 0 Å². The lowest BCUT2D eigenvalue weighted by Crippen LogP contribution is -2.44. The number of amides is 2. The number of hydrogen-bond acceptors (Lipinski definition) is 8. The number of benzene rings is 3. The maximum atomic E-state index is 13.3. The van der Waals surface area contributed by atoms with Crippen LogP contribution in [0.5, 0.6) is 5.75 Å². The molecule has 1 saturated heterocycles. The van der Waals surface area contributed by atoms with E-state index in [4.69, 9.17) is 28.6 Å². The molecule has 3 aromatic carbocycles. The Balaban J connectivity index is 1.53. The molecule has 4 aromatic rings. The fourth-order valence-electron chi connectivity index (χ4n) is 4.03. The van der Waals surface area contributed by atoms with E-state index in [-0.39, 0.29) is 37.9 Å². The van der Waals surface area contributed by atoms with Crippen molar-refractivity contribution >= 4 is 63.5 Å². The minimum atomic E-state index is -0.590. The summed E-state index contributed by atoms with van der Waals surface area (Å²) < 4.78 is 7.16. The number of ether oxygens (including phenoxy) is 1. The zero-order chi connectivity index (χ0) is 29.1. The van der Waals surface area contributed by atoms with E-state index in [1.54, 1.807) is 48.1 Å². The summed E-state index contributed by atoms with van der Waals surface area (Å²) in [7, 11) is 0. The summed E-state index contributed by atoms with van der Waals surface area (Å²) in [6.45, 7) is 2.01. The first-order valence-electron chi connectivity index (χ1n) is 12.2. The largest absolute Gasteiger partial charge is 0.487 e. The molecule has 0 bridgehead atoms. The number of hydrogen-bond donors (Lipinski definition) is 1. The standard InChI is InChI=1S/C28H20ClN5O5S2/c1-2-39-23-13-12-17(14-22(23)34(37)38)25-18(16-32(30-25)19-8-4-3-5-9-19)15-24-27(36)33(28(40)41-24)31-26(35)20-10-6-7-11-21(20)29/h3-16H,2H2,1H3,(H,31,35). The van der Waals surface area contributed by atoms with Gasteiger partial charge in [0.25, 0.3) is 11.8 Å². The normalized spacial score (nSPS) is 14.0. The molecule has 0 atom stereocenters. The Bertz CT molecular complexity index is 1720. The van der Waals surface area contributed by atoms with Gasteiger partial charge in [0.1, 0.15) is 5.69 Å². The van der Waals surface area contributed by atoms with Crippen molar-refractivity contribution in [3.63, 3.8) is 0 Å². The van der Waals surface area contributed by atoms with Gasteiger partial charge in [-0.25, -0.2) is 4.68 Å². The number of nitrogens with one attached hydrogen (secondary N) is 1. The van der Waals surface area contributed by atoms with E-state index in [1.165, 1.54) is 18.2 Å². The number of carbonyl (C=O) groups excluding carboxylic acids is 2. The highest BCUT2D eigenvalue weighted by molar-refractivity contribution is 8.26. The zero-order valence-corrected chi connectivity index (χ0v) is 23.7. The number of nitro benzene ring substituents is 1. The molecule has 0 radical (unpaired) electrons. The summed E-state index contributed by atoms with van der Waals surface area (Å²) in [5, 5.41) is 17.7. The van der Waals surface area contributed by atoms with Crippen molar-refractivity contribution in [2.45, 2.75) is 6.92 Å². The van der Waals surface area contributed by atoms with Crippen LogP contribution in [0.1, 0.15) is 22.8 Å². The predicted octanol–water partition coefficient (Wildman–Crippen LogP) is 6.05. The van der Waals surface area contributed by atoms with Gasteiger partial charge in [0.05, 0.1) is 32.7 Å². The second-order valence-corrected chi connectivity index (χ2v) is 10.6. The van der Waals surface area contributed by atoms with Gasteiger partial charge in [0.15, 0.2) is 10.1 Å². The Morgan fingerprint density at radius 1 is 1.17 bits per heavy atom. The van der Waals surface area contributed by atoms with E-state index >= 15 is 0 Å². The van der Waals surface area contributed by atoms with Crippen LogP contribution in [-0.2, 0) is 4.79 Å². The van der Waals surface area contributed by atoms with Crippen LogP contribution in [0.3, 0.4) is 0 Å². The molecular weight excluding hydrogens is 586 g/mol. The summed E-state index contributed by atoms with van der Waals surface area (Å²) in [5.74, 6) is -0.996. The second kappa shape index (κ2) is 11.9. The lowest BCUT2D eigenvalue weighted by atomic mass is 10.1. The Morgan fingerprint density at radius 3 is 2.61 bits per heavy atom. The van der Waals surface area contributed by atoms with Crippen LogP contribution in [0.25, 0.3) is 23.0 Å². The third kappa shape index (κ3) is 5.85. The molecule has 1 aromatic heterocycles. The Kier molecular flexibility index (Phi) is 8.15. The molecule has 0 unspecified atom stereocenters. The molecule has 206 valence electrons. The molecule has 1 N–H and O–H groups in total. The van der Waals surface area contributed by atoms with E-state index in [2.05, 4.69) is 10.5 Å². The first-order valence-corrected chi connectivity index (χ1v) is 13.8. The maximum absolute atomic E-state index is 13.3. The van der Waals surface area contributed by atoms with Crippen molar-refractivity contribution in [2.75, 3.05) is 6.61 Å². The van der Waals surface area contributed by atoms with Crippen molar-refractivity contribution < 1.29 is 19.2 Å². The molecule has 13 heteroatoms. The van der Waals surface area contributed by atoms with Crippen molar-refractivity contribution in [3.8, 4) is 22.7 Å². The Labute approximate surface area is 248 Å². The van der Waals surface area contributed by atoms with E-state index in [1.807, 2.05) is 30.3 Å². The topological polar surface area (TPSA) is 120 Å². The van der Waals surface area contributed by atoms with Crippen molar-refractivity contribution in [1.29, 1.82) is 0 Å². The molecule has 2 amide bonds. The van der Waals surface area contributed by atoms with Crippen LogP contribution in [0.2, 0.25) is 5.02 Å². The molecule has 41 heavy (non-hydrogen) atoms. The van der Waals surface area contributed by atoms with Gasteiger partial charge in [-0.2, -0.15) is 10.1 Å². The summed E-state index contributed by atoms with van der Waals surface area (Å²) in [5.41, 5.74) is 4.59. The maximum Gasteiger partial charge on any atom is 0.311 e. The SMILES string of the molecule is CCOc1ccc(-c2nn(-c3ccccc3)cc2C=C2SC(=S)N(NC(=O)c3ccccc3Cl)C2=O)cc1[N+](=O)[O-]. The number of rotatable bonds is 8. The average molecular weight is 606 g/mol. The molecule has 2 heterocycles. The highest BCUT2D eigenvalue weighted by Crippen LogP contribution is 2.37. The van der Waals surface area contributed by atoms with Crippen LogP contribution in [0, 0.1) is 10.1 Å². The quantitative estimate of drug-likeness (QED) is 0.112. The van der Waals surface area contributed by atoms with Gasteiger partial charge in [-0.05, 0) is 61.6 Å². The van der Waals surface area contributed by atoms with Gasteiger partial charge in [0.2, 0.25) is 0 Å². The van der Waals surface area contributed by atoms with Gasteiger partial charge in [0, 0.05) is 23.4 Å². The smallest absolute Gasteiger partial charge is 0.311 e. The summed E-state index contributed by atoms with van der Waals surface area (Å²) in [6, 6.07) is 20.3. The fourth-order valence-corrected chi connectivity index (χ4v) is 5.42. The fraction of sp³-hybridized carbons (Fsp3) is 0.0714. The number of hydrazine groups is 1. The third-order valence-corrected chi connectivity index (χ3v) is 7.54.